The molecule has 132 valence electrons. The zero-order chi connectivity index (χ0) is 17.7. The van der Waals surface area contributed by atoms with Crippen LogP contribution in [0, 0.1) is 5.41 Å². The van der Waals surface area contributed by atoms with Crippen LogP contribution in [0.3, 0.4) is 0 Å². The molecule has 2 rings (SSSR count). The third-order valence-electron chi connectivity index (χ3n) is 4.28. The van der Waals surface area contributed by atoms with Crippen molar-refractivity contribution in [1.29, 1.82) is 5.41 Å². The summed E-state index contributed by atoms with van der Waals surface area (Å²) in [7, 11) is 0. The van der Waals surface area contributed by atoms with Gasteiger partial charge in [0.05, 0.1) is 11.3 Å². The molecule has 7 nitrogen and oxygen atoms in total. The number of aliphatic hydroxyl groups is 1. The van der Waals surface area contributed by atoms with Crippen molar-refractivity contribution in [3.05, 3.63) is 23.8 Å². The number of rotatable bonds is 7. The highest BCUT2D eigenvalue weighted by atomic mass is 16.3. The lowest BCUT2D eigenvalue weighted by molar-refractivity contribution is 0.100. The molecule has 0 radical (unpaired) electrons. The Morgan fingerprint density at radius 2 is 2.12 bits per heavy atom. The van der Waals surface area contributed by atoms with E-state index >= 15 is 0 Å². The summed E-state index contributed by atoms with van der Waals surface area (Å²) < 4.78 is 0. The van der Waals surface area contributed by atoms with Crippen LogP contribution in [0.15, 0.2) is 18.2 Å². The van der Waals surface area contributed by atoms with Crippen molar-refractivity contribution in [1.82, 2.24) is 0 Å². The SMILES string of the molecule is CC(=N)CC(O)Nc1cc(N[C@@H]2CCCC[C@@H]2N)ccc1C(N)=O. The van der Waals surface area contributed by atoms with Gasteiger partial charge >= 0.3 is 0 Å². The summed E-state index contributed by atoms with van der Waals surface area (Å²) >= 11 is 0. The largest absolute Gasteiger partial charge is 0.381 e. The summed E-state index contributed by atoms with van der Waals surface area (Å²) in [5.41, 5.74) is 13.5. The van der Waals surface area contributed by atoms with E-state index in [4.69, 9.17) is 16.9 Å². The standard InChI is InChI=1S/C17H27N5O2/c1-10(18)8-16(23)22-15-9-11(6-7-12(15)17(20)24)21-14-5-3-2-4-13(14)19/h6-7,9,13-14,16,18,21-23H,2-5,8,19H2,1H3,(H2,20,24)/t13-,14+,16?/m0/s1. The number of hydrogen-bond acceptors (Lipinski definition) is 6. The molecule has 0 bridgehead atoms. The number of nitrogens with two attached hydrogens (primary N) is 2. The van der Waals surface area contributed by atoms with Gasteiger partial charge in [-0.25, -0.2) is 0 Å². The lowest BCUT2D eigenvalue weighted by Gasteiger charge is -2.30. The van der Waals surface area contributed by atoms with Crippen molar-refractivity contribution in [2.75, 3.05) is 10.6 Å². The van der Waals surface area contributed by atoms with Gasteiger partial charge in [0.2, 0.25) is 0 Å². The van der Waals surface area contributed by atoms with E-state index in [2.05, 4.69) is 10.6 Å². The van der Waals surface area contributed by atoms with Crippen LogP contribution >= 0.6 is 0 Å². The van der Waals surface area contributed by atoms with E-state index in [1.54, 1.807) is 25.1 Å². The maximum Gasteiger partial charge on any atom is 0.250 e. The lowest BCUT2D eigenvalue weighted by atomic mass is 9.91. The van der Waals surface area contributed by atoms with Gasteiger partial charge in [0, 0.05) is 29.9 Å². The van der Waals surface area contributed by atoms with Crippen molar-refractivity contribution < 1.29 is 9.90 Å². The number of amides is 1. The summed E-state index contributed by atoms with van der Waals surface area (Å²) in [6.07, 6.45) is 3.53. The highest BCUT2D eigenvalue weighted by Gasteiger charge is 2.22. The van der Waals surface area contributed by atoms with Crippen LogP contribution in [0.4, 0.5) is 11.4 Å². The molecule has 7 heteroatoms. The molecule has 24 heavy (non-hydrogen) atoms. The van der Waals surface area contributed by atoms with Gasteiger partial charge in [0.15, 0.2) is 0 Å². The van der Waals surface area contributed by atoms with E-state index in [0.29, 0.717) is 17.0 Å². The van der Waals surface area contributed by atoms with Crippen molar-refractivity contribution in [2.45, 2.75) is 57.3 Å². The topological polar surface area (TPSA) is 137 Å². The summed E-state index contributed by atoms with van der Waals surface area (Å²) in [6, 6.07) is 5.48. The molecular weight excluding hydrogens is 306 g/mol. The molecule has 1 aromatic carbocycles. The molecule has 1 aromatic rings. The summed E-state index contributed by atoms with van der Waals surface area (Å²) in [4.78, 5) is 11.6. The molecule has 0 aromatic heterocycles. The summed E-state index contributed by atoms with van der Waals surface area (Å²) in [5, 5.41) is 23.7. The number of aliphatic hydroxyl groups excluding tert-OH is 1. The van der Waals surface area contributed by atoms with E-state index in [1.165, 1.54) is 0 Å². The van der Waals surface area contributed by atoms with Gasteiger partial charge in [-0.05, 0) is 38.0 Å². The van der Waals surface area contributed by atoms with Crippen molar-refractivity contribution >= 4 is 23.0 Å². The highest BCUT2D eigenvalue weighted by Crippen LogP contribution is 2.25. The number of nitrogens with one attached hydrogen (secondary N) is 3. The van der Waals surface area contributed by atoms with Gasteiger partial charge in [-0.2, -0.15) is 0 Å². The van der Waals surface area contributed by atoms with Crippen LogP contribution in [0.2, 0.25) is 0 Å². The predicted molar refractivity (Wildman–Crippen MR) is 96.5 cm³/mol. The first-order valence-corrected chi connectivity index (χ1v) is 8.31. The van der Waals surface area contributed by atoms with Crippen molar-refractivity contribution in [3.63, 3.8) is 0 Å². The number of anilines is 2. The van der Waals surface area contributed by atoms with E-state index in [-0.39, 0.29) is 18.5 Å². The Kier molecular flexibility index (Phi) is 6.16. The Labute approximate surface area is 142 Å². The number of benzene rings is 1. The highest BCUT2D eigenvalue weighted by molar-refractivity contribution is 5.99. The van der Waals surface area contributed by atoms with Crippen LogP contribution in [-0.4, -0.2) is 35.0 Å². The molecule has 0 aliphatic heterocycles. The fourth-order valence-corrected chi connectivity index (χ4v) is 3.04. The molecule has 8 N–H and O–H groups in total. The molecule has 1 saturated carbocycles. The molecule has 0 spiro atoms. The average molecular weight is 333 g/mol. The molecule has 1 fully saturated rings. The fourth-order valence-electron chi connectivity index (χ4n) is 3.04. The van der Waals surface area contributed by atoms with Gasteiger partial charge in [-0.1, -0.05) is 12.8 Å². The maximum absolute atomic E-state index is 11.6. The number of hydrogen-bond donors (Lipinski definition) is 6. The third kappa shape index (κ3) is 4.94. The minimum absolute atomic E-state index is 0.108. The summed E-state index contributed by atoms with van der Waals surface area (Å²) in [6.45, 7) is 1.61. The molecule has 1 aliphatic rings. The Morgan fingerprint density at radius 3 is 2.75 bits per heavy atom. The number of carbonyl (C=O) groups is 1. The van der Waals surface area contributed by atoms with Crippen LogP contribution in [-0.2, 0) is 0 Å². The number of carbonyl (C=O) groups excluding carboxylic acids is 1. The number of primary amides is 1. The second-order valence-corrected chi connectivity index (χ2v) is 6.47. The Hall–Kier alpha value is -2.12. The molecule has 0 heterocycles. The predicted octanol–water partition coefficient (Wildman–Crippen LogP) is 1.63. The zero-order valence-electron chi connectivity index (χ0n) is 14.0. The van der Waals surface area contributed by atoms with Gasteiger partial charge < -0.3 is 32.6 Å². The van der Waals surface area contributed by atoms with Gasteiger partial charge in [0.1, 0.15) is 6.23 Å². The molecule has 1 aliphatic carbocycles. The van der Waals surface area contributed by atoms with E-state index < -0.39 is 12.1 Å². The molecule has 3 atom stereocenters. The molecule has 1 amide bonds. The van der Waals surface area contributed by atoms with E-state index in [1.807, 2.05) is 0 Å². The van der Waals surface area contributed by atoms with E-state index in [9.17, 15) is 9.90 Å². The minimum Gasteiger partial charge on any atom is -0.381 e. The first kappa shape index (κ1) is 18.2. The van der Waals surface area contributed by atoms with Crippen LogP contribution in [0.1, 0.15) is 49.4 Å². The Bertz CT molecular complexity index is 605. The van der Waals surface area contributed by atoms with Crippen molar-refractivity contribution in [3.8, 4) is 0 Å². The first-order valence-electron chi connectivity index (χ1n) is 8.31. The monoisotopic (exact) mass is 333 g/mol. The first-order chi connectivity index (χ1) is 11.4. The minimum atomic E-state index is -0.951. The smallest absolute Gasteiger partial charge is 0.250 e. The third-order valence-corrected chi connectivity index (χ3v) is 4.28. The van der Waals surface area contributed by atoms with Crippen molar-refractivity contribution in [2.24, 2.45) is 11.5 Å². The lowest BCUT2D eigenvalue weighted by Crippen LogP contribution is -2.42. The quantitative estimate of drug-likeness (QED) is 0.333. The Balaban J connectivity index is 2.17. The fraction of sp³-hybridized carbons (Fsp3) is 0.529. The van der Waals surface area contributed by atoms with Gasteiger partial charge in [-0.3, -0.25) is 4.79 Å². The average Bonchev–Trinajstić information content (AvgIpc) is 2.48. The van der Waals surface area contributed by atoms with Gasteiger partial charge in [0.25, 0.3) is 5.91 Å². The zero-order valence-corrected chi connectivity index (χ0v) is 14.0. The molecular formula is C17H27N5O2. The van der Waals surface area contributed by atoms with Crippen LogP contribution in [0.25, 0.3) is 0 Å². The second kappa shape index (κ2) is 8.12. The van der Waals surface area contributed by atoms with Crippen LogP contribution in [0.5, 0.6) is 0 Å². The van der Waals surface area contributed by atoms with E-state index in [0.717, 1.165) is 31.4 Å². The second-order valence-electron chi connectivity index (χ2n) is 6.47. The maximum atomic E-state index is 11.6. The normalized spacial score (nSPS) is 21.8. The Morgan fingerprint density at radius 1 is 1.42 bits per heavy atom. The van der Waals surface area contributed by atoms with Gasteiger partial charge in [-0.15, -0.1) is 0 Å². The summed E-state index contributed by atoms with van der Waals surface area (Å²) in [5.74, 6) is -0.572. The van der Waals surface area contributed by atoms with Crippen LogP contribution < -0.4 is 22.1 Å². The molecule has 1 unspecified atom stereocenters. The molecule has 0 saturated heterocycles.